The molecule has 0 radical (unpaired) electrons. The van der Waals surface area contributed by atoms with Gasteiger partial charge in [0.25, 0.3) is 0 Å². The van der Waals surface area contributed by atoms with Gasteiger partial charge in [-0.1, -0.05) is 0 Å². The van der Waals surface area contributed by atoms with Gasteiger partial charge in [-0.25, -0.2) is 27.2 Å². The number of phosphoric ester groups is 1. The van der Waals surface area contributed by atoms with Crippen molar-refractivity contribution in [3.05, 3.63) is 36.3 Å². The average Bonchev–Trinajstić information content (AvgIpc) is 2.85. The second-order valence-corrected chi connectivity index (χ2v) is 12.4. The van der Waals surface area contributed by atoms with E-state index in [1.54, 1.807) is 6.07 Å². The molecule has 222 valence electrons. The molecule has 1 fully saturated rings. The van der Waals surface area contributed by atoms with E-state index in [0.717, 1.165) is 6.07 Å². The van der Waals surface area contributed by atoms with Crippen LogP contribution in [0, 0.1) is 5.82 Å². The fourth-order valence-corrected chi connectivity index (χ4v) is 5.87. The van der Waals surface area contributed by atoms with Gasteiger partial charge in [0.1, 0.15) is 11.9 Å². The maximum atomic E-state index is 14.9. The third-order valence-electron chi connectivity index (χ3n) is 5.48. The number of hydroxylamine groups is 2. The number of hydrogen-bond donors (Lipinski definition) is 3. The van der Waals surface area contributed by atoms with Crippen molar-refractivity contribution in [1.29, 1.82) is 0 Å². The molecule has 3 N–H and O–H groups in total. The van der Waals surface area contributed by atoms with Crippen LogP contribution in [0.3, 0.4) is 0 Å². The largest absolute Gasteiger partial charge is 0.525 e. The molecule has 1 atom stereocenters. The lowest BCUT2D eigenvalue weighted by Gasteiger charge is -2.30. The van der Waals surface area contributed by atoms with Gasteiger partial charge in [-0.3, -0.25) is 9.05 Å². The molecule has 1 saturated heterocycles. The first kappa shape index (κ1) is 31.5. The molecule has 0 saturated carbocycles. The van der Waals surface area contributed by atoms with Crippen LogP contribution in [0.5, 0.6) is 11.5 Å². The van der Waals surface area contributed by atoms with E-state index in [4.69, 9.17) is 19.1 Å². The van der Waals surface area contributed by atoms with E-state index >= 15 is 0 Å². The summed E-state index contributed by atoms with van der Waals surface area (Å²) in [5.41, 5.74) is -0.0949. The van der Waals surface area contributed by atoms with Gasteiger partial charge >= 0.3 is 14.0 Å². The Bertz CT molecular complexity index is 1340. The van der Waals surface area contributed by atoms with Crippen molar-refractivity contribution in [2.24, 2.45) is 0 Å². The standard InChI is InChI=1S/C23H31FN3O11PS/c1-15(2)38-39(30,31)35-12-13-40(32,33)17-4-5-19(18(24)14-17)26-22-21(34-3)20(6-9-25-22)36-16-7-10-27(11-8-16)37-23(28)29/h4-6,9,14-16H,7-8,10-13H2,1-3H3,(H,25,26)(H,28,29)(H,30,31). The SMILES string of the molecule is COc1c(OC2CCN(OC(=O)O)CC2)ccnc1Nc1ccc(S(=O)(=O)CCOP(=O)(O)OC(C)C)cc1F. The van der Waals surface area contributed by atoms with Crippen LogP contribution in [0.4, 0.5) is 20.7 Å². The lowest BCUT2D eigenvalue weighted by Crippen LogP contribution is -2.39. The lowest BCUT2D eigenvalue weighted by atomic mass is 10.1. The first-order valence-corrected chi connectivity index (χ1v) is 15.2. The first-order valence-electron chi connectivity index (χ1n) is 12.1. The molecule has 2 aromatic rings. The topological polar surface area (TPSA) is 183 Å². The average molecular weight is 608 g/mol. The van der Waals surface area contributed by atoms with E-state index in [1.165, 1.54) is 44.4 Å². The van der Waals surface area contributed by atoms with Crippen molar-refractivity contribution in [3.63, 3.8) is 0 Å². The number of sulfone groups is 1. The van der Waals surface area contributed by atoms with Gasteiger partial charge in [0.05, 0.1) is 36.2 Å². The van der Waals surface area contributed by atoms with Crippen LogP contribution < -0.4 is 14.8 Å². The van der Waals surface area contributed by atoms with Gasteiger partial charge in [-0.15, -0.1) is 5.06 Å². The van der Waals surface area contributed by atoms with Crippen LogP contribution in [0.1, 0.15) is 26.7 Å². The molecule has 0 aliphatic carbocycles. The number of hydrogen-bond acceptors (Lipinski definition) is 12. The highest BCUT2D eigenvalue weighted by Gasteiger charge is 2.26. The molecule has 40 heavy (non-hydrogen) atoms. The summed E-state index contributed by atoms with van der Waals surface area (Å²) in [6, 6.07) is 4.74. The third-order valence-corrected chi connectivity index (χ3v) is 8.35. The summed E-state index contributed by atoms with van der Waals surface area (Å²) in [6.07, 6.45) is 0.126. The number of carbonyl (C=O) groups is 1. The fourth-order valence-electron chi connectivity index (χ4n) is 3.74. The Hall–Kier alpha value is -3.01. The quantitative estimate of drug-likeness (QED) is 0.280. The summed E-state index contributed by atoms with van der Waals surface area (Å²) >= 11 is 0. The zero-order valence-corrected chi connectivity index (χ0v) is 23.7. The highest BCUT2D eigenvalue weighted by molar-refractivity contribution is 7.91. The Kier molecular flexibility index (Phi) is 10.7. The molecule has 0 spiro atoms. The van der Waals surface area contributed by atoms with E-state index in [9.17, 15) is 27.1 Å². The smallest absolute Gasteiger partial charge is 0.490 e. The van der Waals surface area contributed by atoms with Gasteiger partial charge in [0.15, 0.2) is 21.4 Å². The van der Waals surface area contributed by atoms with E-state index in [2.05, 4.69) is 19.7 Å². The predicted octanol–water partition coefficient (Wildman–Crippen LogP) is 3.74. The minimum atomic E-state index is -4.42. The Morgan fingerprint density at radius 3 is 2.58 bits per heavy atom. The molecular formula is C23H31FN3O11PS. The number of phosphoric acid groups is 1. The zero-order chi connectivity index (χ0) is 29.5. The number of pyridine rings is 1. The molecule has 0 bridgehead atoms. The highest BCUT2D eigenvalue weighted by atomic mass is 32.2. The number of aromatic nitrogens is 1. The third kappa shape index (κ3) is 9.01. The van der Waals surface area contributed by atoms with E-state index in [-0.39, 0.29) is 28.3 Å². The minimum Gasteiger partial charge on any atom is -0.490 e. The number of anilines is 2. The molecule has 1 aromatic carbocycles. The summed E-state index contributed by atoms with van der Waals surface area (Å²) in [5, 5.41) is 12.8. The number of nitrogens with one attached hydrogen (secondary N) is 1. The zero-order valence-electron chi connectivity index (χ0n) is 22.0. The molecular weight excluding hydrogens is 576 g/mol. The van der Waals surface area contributed by atoms with Crippen LogP contribution >= 0.6 is 7.82 Å². The van der Waals surface area contributed by atoms with E-state index in [0.29, 0.717) is 31.7 Å². The summed E-state index contributed by atoms with van der Waals surface area (Å²) in [4.78, 5) is 28.7. The summed E-state index contributed by atoms with van der Waals surface area (Å²) < 4.78 is 72.7. The van der Waals surface area contributed by atoms with Gasteiger partial charge in [0, 0.05) is 38.2 Å². The number of rotatable bonds is 13. The number of methoxy groups -OCH3 is 1. The Morgan fingerprint density at radius 1 is 1.27 bits per heavy atom. The molecule has 17 heteroatoms. The summed E-state index contributed by atoms with van der Waals surface area (Å²) in [7, 11) is -7.10. The van der Waals surface area contributed by atoms with E-state index in [1.807, 2.05) is 0 Å². The van der Waals surface area contributed by atoms with Gasteiger partial charge < -0.3 is 29.6 Å². The van der Waals surface area contributed by atoms with Crippen LogP contribution in [0.15, 0.2) is 35.4 Å². The molecule has 1 aliphatic heterocycles. The van der Waals surface area contributed by atoms with Crippen LogP contribution in [0.2, 0.25) is 0 Å². The Labute approximate surface area is 230 Å². The molecule has 1 aromatic heterocycles. The number of carboxylic acid groups (broad SMARTS) is 1. The minimum absolute atomic E-state index is 0.0949. The first-order chi connectivity index (χ1) is 18.8. The number of piperidine rings is 1. The molecule has 1 aliphatic rings. The van der Waals surface area contributed by atoms with Gasteiger partial charge in [-0.2, -0.15) is 0 Å². The number of benzene rings is 1. The van der Waals surface area contributed by atoms with Crippen molar-refractivity contribution in [3.8, 4) is 11.5 Å². The van der Waals surface area contributed by atoms with Crippen LogP contribution in [0.25, 0.3) is 0 Å². The number of nitrogens with zero attached hydrogens (tertiary/aromatic N) is 2. The second-order valence-electron chi connectivity index (χ2n) is 8.84. The van der Waals surface area contributed by atoms with Gasteiger partial charge in [-0.05, 0) is 32.0 Å². The Balaban J connectivity index is 1.67. The number of halogens is 1. The Morgan fingerprint density at radius 2 is 1.98 bits per heavy atom. The van der Waals surface area contributed by atoms with Crippen molar-refractivity contribution in [1.82, 2.24) is 10.0 Å². The summed E-state index contributed by atoms with van der Waals surface area (Å²) in [5.74, 6) is -0.976. The van der Waals surface area contributed by atoms with Crippen molar-refractivity contribution >= 4 is 35.3 Å². The van der Waals surface area contributed by atoms with Crippen molar-refractivity contribution < 1.29 is 55.5 Å². The normalized spacial score (nSPS) is 16.4. The number of ether oxygens (including phenoxy) is 2. The van der Waals surface area contributed by atoms with Gasteiger partial charge in [0.2, 0.25) is 5.75 Å². The van der Waals surface area contributed by atoms with Crippen molar-refractivity contribution in [2.75, 3.05) is 37.9 Å². The van der Waals surface area contributed by atoms with Crippen LogP contribution in [-0.4, -0.2) is 79.4 Å². The van der Waals surface area contributed by atoms with E-state index < -0.39 is 48.1 Å². The molecule has 0 amide bonds. The fraction of sp³-hybridized carbons (Fsp3) is 0.478. The maximum Gasteiger partial charge on any atom is 0.525 e. The maximum absolute atomic E-state index is 14.9. The molecule has 2 heterocycles. The van der Waals surface area contributed by atoms with Crippen LogP contribution in [-0.2, 0) is 28.3 Å². The summed E-state index contributed by atoms with van der Waals surface area (Å²) in [6.45, 7) is 3.08. The highest BCUT2D eigenvalue weighted by Crippen LogP contribution is 2.44. The van der Waals surface area contributed by atoms with Crippen molar-refractivity contribution in [2.45, 2.75) is 43.8 Å². The molecule has 3 rings (SSSR count). The second kappa shape index (κ2) is 13.6. The lowest BCUT2D eigenvalue weighted by molar-refractivity contribution is -0.140. The predicted molar refractivity (Wildman–Crippen MR) is 139 cm³/mol. The monoisotopic (exact) mass is 607 g/mol. The molecule has 1 unspecified atom stereocenters. The molecule has 14 nitrogen and oxygen atoms in total.